The number of ether oxygens (including phenoxy) is 1. The Kier molecular flexibility index (Phi) is 5.97. The van der Waals surface area contributed by atoms with Gasteiger partial charge in [0.1, 0.15) is 17.4 Å². The molecule has 0 fully saturated rings. The molecule has 1 aromatic heterocycles. The summed E-state index contributed by atoms with van der Waals surface area (Å²) < 4.78 is 10.1. The van der Waals surface area contributed by atoms with Crippen molar-refractivity contribution < 1.29 is 28.6 Å². The summed E-state index contributed by atoms with van der Waals surface area (Å²) in [6.07, 6.45) is -0.298. The van der Waals surface area contributed by atoms with Crippen molar-refractivity contribution in [2.24, 2.45) is 0 Å². The number of hydrogen-bond acceptors (Lipinski definition) is 5. The third-order valence-corrected chi connectivity index (χ3v) is 2.42. The quantitative estimate of drug-likeness (QED) is 0.681. The average Bonchev–Trinajstić information content (AvgIpc) is 2.86. The van der Waals surface area contributed by atoms with Crippen LogP contribution < -0.4 is 10.6 Å². The van der Waals surface area contributed by atoms with Gasteiger partial charge in [-0.05, 0) is 32.9 Å². The molecule has 22 heavy (non-hydrogen) atoms. The van der Waals surface area contributed by atoms with E-state index in [0.717, 1.165) is 0 Å². The van der Waals surface area contributed by atoms with Gasteiger partial charge in [-0.2, -0.15) is 0 Å². The Hall–Kier alpha value is -2.51. The van der Waals surface area contributed by atoms with Gasteiger partial charge in [0.2, 0.25) is 5.91 Å². The van der Waals surface area contributed by atoms with E-state index in [2.05, 4.69) is 5.32 Å². The highest BCUT2D eigenvalue weighted by atomic mass is 16.6. The van der Waals surface area contributed by atoms with E-state index in [1.54, 1.807) is 32.9 Å². The minimum atomic E-state index is -1.41. The van der Waals surface area contributed by atoms with Crippen LogP contribution in [0.2, 0.25) is 0 Å². The minimum Gasteiger partial charge on any atom is -0.467 e. The molecule has 122 valence electrons. The molecule has 0 saturated heterocycles. The lowest BCUT2D eigenvalue weighted by Crippen LogP contribution is -2.46. The van der Waals surface area contributed by atoms with Crippen molar-refractivity contribution in [3.63, 3.8) is 0 Å². The fraction of sp³-hybridized carbons (Fsp3) is 0.500. The van der Waals surface area contributed by atoms with Crippen LogP contribution in [-0.4, -0.2) is 34.7 Å². The molecule has 0 radical (unpaired) electrons. The molecule has 2 amide bonds. The maximum Gasteiger partial charge on any atom is 0.405 e. The Balaban J connectivity index is 2.57. The van der Waals surface area contributed by atoms with E-state index in [1.165, 1.54) is 6.26 Å². The maximum absolute atomic E-state index is 11.9. The smallest absolute Gasteiger partial charge is 0.405 e. The van der Waals surface area contributed by atoms with Crippen LogP contribution in [0.1, 0.15) is 33.0 Å². The first-order valence-electron chi connectivity index (χ1n) is 6.69. The number of carbonyl (C=O) groups excluding carboxylic acids is 2. The summed E-state index contributed by atoms with van der Waals surface area (Å²) in [5.74, 6) is -0.752. The number of carboxylic acid groups (broad SMARTS) is 1. The zero-order chi connectivity index (χ0) is 16.8. The van der Waals surface area contributed by atoms with Crippen LogP contribution in [0.15, 0.2) is 22.8 Å². The van der Waals surface area contributed by atoms with Gasteiger partial charge in [0.25, 0.3) is 0 Å². The van der Waals surface area contributed by atoms with E-state index in [0.29, 0.717) is 5.76 Å². The Labute approximate surface area is 127 Å². The summed E-state index contributed by atoms with van der Waals surface area (Å²) in [6.45, 7) is 5.11. The van der Waals surface area contributed by atoms with Gasteiger partial charge in [0.15, 0.2) is 0 Å². The van der Waals surface area contributed by atoms with Gasteiger partial charge in [-0.1, -0.05) is 0 Å². The molecule has 8 nitrogen and oxygen atoms in total. The number of hydrogen-bond donors (Lipinski definition) is 3. The van der Waals surface area contributed by atoms with Crippen LogP contribution in [0.5, 0.6) is 0 Å². The van der Waals surface area contributed by atoms with Crippen LogP contribution in [0.25, 0.3) is 0 Å². The highest BCUT2D eigenvalue weighted by molar-refractivity contribution is 5.87. The predicted molar refractivity (Wildman–Crippen MR) is 76.0 cm³/mol. The lowest BCUT2D eigenvalue weighted by molar-refractivity contribution is -0.158. The molecular weight excluding hydrogens is 292 g/mol. The van der Waals surface area contributed by atoms with Crippen LogP contribution in [0.4, 0.5) is 4.79 Å². The van der Waals surface area contributed by atoms with Crippen molar-refractivity contribution in [1.29, 1.82) is 0 Å². The molecule has 3 N–H and O–H groups in total. The Morgan fingerprint density at radius 1 is 1.36 bits per heavy atom. The second-order valence-electron chi connectivity index (χ2n) is 5.60. The molecule has 0 aliphatic rings. The molecule has 0 spiro atoms. The predicted octanol–water partition coefficient (Wildman–Crippen LogP) is 1.26. The molecule has 0 aliphatic heterocycles. The molecule has 1 aromatic rings. The van der Waals surface area contributed by atoms with Crippen molar-refractivity contribution in [3.05, 3.63) is 24.2 Å². The van der Waals surface area contributed by atoms with Crippen molar-refractivity contribution in [1.82, 2.24) is 10.6 Å². The van der Waals surface area contributed by atoms with Crippen LogP contribution in [0.3, 0.4) is 0 Å². The van der Waals surface area contributed by atoms with E-state index < -0.39 is 29.6 Å². The molecule has 0 saturated carbocycles. The van der Waals surface area contributed by atoms with E-state index in [9.17, 15) is 14.4 Å². The zero-order valence-corrected chi connectivity index (χ0v) is 12.7. The third-order valence-electron chi connectivity index (χ3n) is 2.42. The van der Waals surface area contributed by atoms with Gasteiger partial charge in [-0.3, -0.25) is 4.79 Å². The van der Waals surface area contributed by atoms with Crippen molar-refractivity contribution in [2.75, 3.05) is 0 Å². The van der Waals surface area contributed by atoms with Gasteiger partial charge >= 0.3 is 12.1 Å². The highest BCUT2D eigenvalue weighted by Crippen LogP contribution is 2.10. The molecule has 0 bridgehead atoms. The first-order chi connectivity index (χ1) is 10.2. The largest absolute Gasteiger partial charge is 0.467 e. The monoisotopic (exact) mass is 312 g/mol. The Morgan fingerprint density at radius 3 is 2.55 bits per heavy atom. The third kappa shape index (κ3) is 6.78. The molecular formula is C14H20N2O6. The molecule has 0 aromatic carbocycles. The van der Waals surface area contributed by atoms with Crippen molar-refractivity contribution >= 4 is 18.0 Å². The SMILES string of the molecule is CC(C)(C)OC(=O)C(CC(=O)NCc1ccco1)NC(=O)O. The van der Waals surface area contributed by atoms with Crippen molar-refractivity contribution in [3.8, 4) is 0 Å². The normalized spacial score (nSPS) is 12.3. The van der Waals surface area contributed by atoms with Crippen molar-refractivity contribution in [2.45, 2.75) is 45.4 Å². The maximum atomic E-state index is 11.9. The Morgan fingerprint density at radius 2 is 2.05 bits per heavy atom. The number of furan rings is 1. The summed E-state index contributed by atoms with van der Waals surface area (Å²) in [6, 6.07) is 2.09. The first-order valence-corrected chi connectivity index (χ1v) is 6.69. The van der Waals surface area contributed by atoms with Crippen LogP contribution in [-0.2, 0) is 20.9 Å². The highest BCUT2D eigenvalue weighted by Gasteiger charge is 2.28. The van der Waals surface area contributed by atoms with Gasteiger partial charge in [-0.15, -0.1) is 0 Å². The second-order valence-corrected chi connectivity index (χ2v) is 5.60. The molecule has 1 heterocycles. The summed E-state index contributed by atoms with van der Waals surface area (Å²) in [7, 11) is 0. The van der Waals surface area contributed by atoms with E-state index in [-0.39, 0.29) is 13.0 Å². The Bertz CT molecular complexity index is 518. The first kappa shape index (κ1) is 17.5. The van der Waals surface area contributed by atoms with E-state index >= 15 is 0 Å². The lowest BCUT2D eigenvalue weighted by atomic mass is 10.1. The minimum absolute atomic E-state index is 0.153. The number of amides is 2. The fourth-order valence-electron chi connectivity index (χ4n) is 1.57. The molecule has 8 heteroatoms. The summed E-state index contributed by atoms with van der Waals surface area (Å²) in [5, 5.41) is 13.3. The van der Waals surface area contributed by atoms with E-state index in [4.69, 9.17) is 14.3 Å². The standard InChI is InChI=1S/C14H20N2O6/c1-14(2,3)22-12(18)10(16-13(19)20)7-11(17)15-8-9-5-4-6-21-9/h4-6,10,16H,7-8H2,1-3H3,(H,15,17)(H,19,20). The van der Waals surface area contributed by atoms with Gasteiger partial charge in [0.05, 0.1) is 19.2 Å². The zero-order valence-electron chi connectivity index (χ0n) is 12.7. The van der Waals surface area contributed by atoms with Gasteiger partial charge in [-0.25, -0.2) is 9.59 Å². The number of nitrogens with one attached hydrogen (secondary N) is 2. The summed E-state index contributed by atoms with van der Waals surface area (Å²) in [4.78, 5) is 34.5. The van der Waals surface area contributed by atoms with E-state index in [1.807, 2.05) is 5.32 Å². The topological polar surface area (TPSA) is 118 Å². The van der Waals surface area contributed by atoms with Gasteiger partial charge < -0.3 is 24.9 Å². The number of rotatable bonds is 6. The summed E-state index contributed by atoms with van der Waals surface area (Å²) >= 11 is 0. The fourth-order valence-corrected chi connectivity index (χ4v) is 1.57. The molecule has 1 rings (SSSR count). The number of esters is 1. The van der Waals surface area contributed by atoms with Crippen LogP contribution >= 0.6 is 0 Å². The molecule has 1 unspecified atom stereocenters. The van der Waals surface area contributed by atoms with Crippen LogP contribution in [0, 0.1) is 0 Å². The number of carbonyl (C=O) groups is 3. The lowest BCUT2D eigenvalue weighted by Gasteiger charge is -2.23. The molecule has 1 atom stereocenters. The molecule has 0 aliphatic carbocycles. The second kappa shape index (κ2) is 7.48. The average molecular weight is 312 g/mol. The van der Waals surface area contributed by atoms with Gasteiger partial charge in [0, 0.05) is 0 Å². The summed E-state index contributed by atoms with van der Waals surface area (Å²) in [5.41, 5.74) is -0.778.